The van der Waals surface area contributed by atoms with E-state index in [2.05, 4.69) is 27.6 Å². The predicted molar refractivity (Wildman–Crippen MR) is 164 cm³/mol. The topological polar surface area (TPSA) is 103 Å². The number of benzene rings is 2. The summed E-state index contributed by atoms with van der Waals surface area (Å²) in [6.45, 7) is 12.1. The number of aliphatic imine (C=N–C) groups is 1. The van der Waals surface area contributed by atoms with Gasteiger partial charge in [0.15, 0.2) is 6.61 Å². The Morgan fingerprint density at radius 1 is 1.14 bits per heavy atom. The van der Waals surface area contributed by atoms with Crippen molar-refractivity contribution in [2.24, 2.45) is 10.9 Å². The molecule has 0 atom stereocenters. The molecule has 3 aromatic rings. The summed E-state index contributed by atoms with van der Waals surface area (Å²) in [5, 5.41) is 13.9. The highest BCUT2D eigenvalue weighted by molar-refractivity contribution is 5.86. The summed E-state index contributed by atoms with van der Waals surface area (Å²) < 4.78 is 8.11. The molecule has 220 valence electrons. The molecule has 0 bridgehead atoms. The number of allylic oxidation sites excluding steroid dienone is 1. The molecule has 1 aromatic heterocycles. The Kier molecular flexibility index (Phi) is 9.02. The minimum atomic E-state index is -0.876. The number of carbonyl (C=O) groups excluding carboxylic acids is 1. The molecule has 2 aliphatic heterocycles. The second kappa shape index (κ2) is 13.0. The molecule has 2 fully saturated rings. The van der Waals surface area contributed by atoms with Crippen LogP contribution in [0.5, 0.6) is 5.75 Å². The predicted octanol–water partition coefficient (Wildman–Crippen LogP) is 4.18. The lowest BCUT2D eigenvalue weighted by Crippen LogP contribution is -2.54. The third-order valence-electron chi connectivity index (χ3n) is 7.83. The molecule has 3 heterocycles. The zero-order valence-corrected chi connectivity index (χ0v) is 24.3. The number of anilines is 1. The summed E-state index contributed by atoms with van der Waals surface area (Å²) in [6.07, 6.45) is 6.92. The van der Waals surface area contributed by atoms with E-state index < -0.39 is 11.9 Å². The van der Waals surface area contributed by atoms with E-state index in [1.807, 2.05) is 73.3 Å². The van der Waals surface area contributed by atoms with Crippen molar-refractivity contribution < 1.29 is 19.4 Å². The second-order valence-electron chi connectivity index (χ2n) is 10.8. The van der Waals surface area contributed by atoms with Crippen molar-refractivity contribution in [3.8, 4) is 11.4 Å². The zero-order valence-electron chi connectivity index (χ0n) is 24.3. The van der Waals surface area contributed by atoms with Gasteiger partial charge in [0, 0.05) is 57.6 Å². The van der Waals surface area contributed by atoms with Crippen LogP contribution in [0.2, 0.25) is 0 Å². The molecule has 0 aliphatic carbocycles. The molecule has 0 saturated carbocycles. The van der Waals surface area contributed by atoms with E-state index in [0.29, 0.717) is 5.75 Å². The molecule has 0 radical (unpaired) electrons. The van der Waals surface area contributed by atoms with E-state index in [1.54, 1.807) is 0 Å². The van der Waals surface area contributed by atoms with Crippen molar-refractivity contribution in [2.45, 2.75) is 26.8 Å². The van der Waals surface area contributed by atoms with Crippen molar-refractivity contribution in [1.82, 2.24) is 19.6 Å². The number of carbonyl (C=O) groups is 2. The molecule has 0 spiro atoms. The average molecular weight is 571 g/mol. The van der Waals surface area contributed by atoms with Gasteiger partial charge in [-0.05, 0) is 56.8 Å². The quantitative estimate of drug-likeness (QED) is 0.365. The highest BCUT2D eigenvalue weighted by Crippen LogP contribution is 2.44. The maximum atomic E-state index is 12.8. The Morgan fingerprint density at radius 2 is 1.93 bits per heavy atom. The number of ether oxygens (including phenoxy) is 1. The van der Waals surface area contributed by atoms with Gasteiger partial charge in [0.2, 0.25) is 0 Å². The Bertz CT molecular complexity index is 1460. The number of likely N-dealkylation sites (tertiary alicyclic amines) is 1. The second-order valence-corrected chi connectivity index (χ2v) is 10.8. The first-order valence-electron chi connectivity index (χ1n) is 14.4. The Hall–Kier alpha value is -4.44. The van der Waals surface area contributed by atoms with Crippen molar-refractivity contribution in [2.75, 3.05) is 50.8 Å². The van der Waals surface area contributed by atoms with E-state index in [1.165, 1.54) is 4.90 Å². The van der Waals surface area contributed by atoms with Gasteiger partial charge in [0.25, 0.3) is 5.91 Å². The number of nitrogens with zero attached hydrogens (tertiary/aromatic N) is 6. The highest BCUT2D eigenvalue weighted by atomic mass is 16.5. The summed E-state index contributed by atoms with van der Waals surface area (Å²) in [5.41, 5.74) is 5.47. The monoisotopic (exact) mass is 570 g/mol. The number of hydrogen-bond acceptors (Lipinski definition) is 7. The van der Waals surface area contributed by atoms with Crippen LogP contribution >= 0.6 is 0 Å². The number of carboxylic acid groups (broad SMARTS) is 1. The van der Waals surface area contributed by atoms with Crippen LogP contribution in [0.25, 0.3) is 11.8 Å². The van der Waals surface area contributed by atoms with Crippen LogP contribution in [0.1, 0.15) is 30.2 Å². The van der Waals surface area contributed by atoms with E-state index in [-0.39, 0.29) is 25.6 Å². The molecular weight excluding hydrogens is 532 g/mol. The number of aromatic nitrogens is 2. The first kappa shape index (κ1) is 29.1. The van der Waals surface area contributed by atoms with Crippen molar-refractivity contribution in [3.05, 3.63) is 71.6 Å². The number of carboxylic acids is 1. The molecule has 1 N–H and O–H groups in total. The number of aliphatic carboxylic acids is 1. The molecule has 2 aromatic carbocycles. The summed E-state index contributed by atoms with van der Waals surface area (Å²) >= 11 is 0. The molecule has 2 saturated heterocycles. The fraction of sp³-hybridized carbons (Fsp3) is 0.375. The summed E-state index contributed by atoms with van der Waals surface area (Å²) in [5.74, 6) is -0.987. The molecule has 1 amide bonds. The fourth-order valence-corrected chi connectivity index (χ4v) is 5.56. The van der Waals surface area contributed by atoms with Gasteiger partial charge >= 0.3 is 5.97 Å². The van der Waals surface area contributed by atoms with Crippen LogP contribution in [-0.4, -0.2) is 89.2 Å². The van der Waals surface area contributed by atoms with Crippen LogP contribution < -0.4 is 9.64 Å². The number of amides is 1. The number of aryl methyl sites for hydroxylation is 1. The van der Waals surface area contributed by atoms with E-state index in [9.17, 15) is 9.59 Å². The molecule has 2 aliphatic rings. The van der Waals surface area contributed by atoms with Crippen molar-refractivity contribution in [3.63, 3.8) is 0 Å². The van der Waals surface area contributed by atoms with E-state index in [4.69, 9.17) is 14.9 Å². The highest BCUT2D eigenvalue weighted by Gasteiger charge is 2.36. The van der Waals surface area contributed by atoms with E-state index in [0.717, 1.165) is 73.0 Å². The maximum Gasteiger partial charge on any atom is 0.310 e. The maximum absolute atomic E-state index is 12.8. The van der Waals surface area contributed by atoms with E-state index >= 15 is 0 Å². The third kappa shape index (κ3) is 6.38. The number of rotatable bonds is 10. The normalized spacial score (nSPS) is 16.3. The molecule has 10 nitrogen and oxygen atoms in total. The minimum Gasteiger partial charge on any atom is -0.481 e. The van der Waals surface area contributed by atoms with Gasteiger partial charge < -0.3 is 19.6 Å². The van der Waals surface area contributed by atoms with Crippen LogP contribution in [0.3, 0.4) is 0 Å². The van der Waals surface area contributed by atoms with Crippen molar-refractivity contribution in [1.29, 1.82) is 0 Å². The summed E-state index contributed by atoms with van der Waals surface area (Å²) in [6, 6.07) is 14.2. The molecule has 0 unspecified atom stereocenters. The lowest BCUT2D eigenvalue weighted by molar-refractivity contribution is -0.153. The average Bonchev–Trinajstić information content (AvgIpc) is 3.30. The summed E-state index contributed by atoms with van der Waals surface area (Å²) in [7, 11) is 0. The van der Waals surface area contributed by atoms with Gasteiger partial charge in [-0.3, -0.25) is 19.5 Å². The lowest BCUT2D eigenvalue weighted by Gasteiger charge is -2.36. The van der Waals surface area contributed by atoms with Gasteiger partial charge in [-0.2, -0.15) is 5.10 Å². The van der Waals surface area contributed by atoms with Crippen LogP contribution in [0.15, 0.2) is 59.7 Å². The Morgan fingerprint density at radius 3 is 2.64 bits per heavy atom. The molecular formula is C32H38N6O4. The van der Waals surface area contributed by atoms with Crippen LogP contribution in [0.4, 0.5) is 11.4 Å². The fourth-order valence-electron chi connectivity index (χ4n) is 5.56. The van der Waals surface area contributed by atoms with Crippen LogP contribution in [-0.2, 0) is 16.1 Å². The van der Waals surface area contributed by atoms with Crippen LogP contribution in [0, 0.1) is 12.8 Å². The largest absolute Gasteiger partial charge is 0.481 e. The SMILES string of the molecule is C=Nc1c(C=CC)cc(C)c(OCC(=O)N2CC(C(=O)O)C2)c1N1CCCN(Cc2ccn(-c3ccccc3)n2)CC1. The molecule has 42 heavy (non-hydrogen) atoms. The third-order valence-corrected chi connectivity index (χ3v) is 7.83. The first-order valence-corrected chi connectivity index (χ1v) is 14.4. The smallest absolute Gasteiger partial charge is 0.310 e. The zero-order chi connectivity index (χ0) is 29.6. The Labute approximate surface area is 246 Å². The minimum absolute atomic E-state index is 0.163. The van der Waals surface area contributed by atoms with Gasteiger partial charge in [-0.1, -0.05) is 30.4 Å². The first-order chi connectivity index (χ1) is 20.4. The molecule has 5 rings (SSSR count). The van der Waals surface area contributed by atoms with Gasteiger partial charge in [0.05, 0.1) is 23.0 Å². The van der Waals surface area contributed by atoms with Gasteiger partial charge in [-0.25, -0.2) is 4.68 Å². The lowest BCUT2D eigenvalue weighted by atomic mass is 10.0. The van der Waals surface area contributed by atoms with Gasteiger partial charge in [0.1, 0.15) is 11.4 Å². The summed E-state index contributed by atoms with van der Waals surface area (Å²) in [4.78, 5) is 34.6. The molecule has 10 heteroatoms. The number of para-hydroxylation sites is 1. The Balaban J connectivity index is 1.32. The number of hydrogen-bond donors (Lipinski definition) is 1. The van der Waals surface area contributed by atoms with Gasteiger partial charge in [-0.15, -0.1) is 0 Å². The van der Waals surface area contributed by atoms with Crippen molar-refractivity contribution >= 4 is 36.0 Å². The standard InChI is InChI=1S/C32H38N6O4/c1-4-9-24-18-23(2)31(42-22-28(39)37-19-25(20-37)32(40)41)30(29(24)33-3)36-14-8-13-35(16-17-36)21-26-12-15-38(34-26)27-10-6-5-7-11-27/h4-7,9-12,15,18,25H,3,8,13-14,16-17,19-22H2,1-2H3,(H,40,41).